The summed E-state index contributed by atoms with van der Waals surface area (Å²) >= 11 is 0. The van der Waals surface area contributed by atoms with E-state index in [1.165, 1.54) is 0 Å². The van der Waals surface area contributed by atoms with Gasteiger partial charge in [-0.15, -0.1) is 0 Å². The third-order valence-corrected chi connectivity index (χ3v) is 4.20. The van der Waals surface area contributed by atoms with Gasteiger partial charge in [-0.3, -0.25) is 15.0 Å². The van der Waals surface area contributed by atoms with Gasteiger partial charge in [0.15, 0.2) is 0 Å². The van der Waals surface area contributed by atoms with Gasteiger partial charge >= 0.3 is 0 Å². The fourth-order valence-corrected chi connectivity index (χ4v) is 2.74. The Morgan fingerprint density at radius 1 is 1.39 bits per heavy atom. The van der Waals surface area contributed by atoms with Gasteiger partial charge in [-0.2, -0.15) is 10.2 Å². The lowest BCUT2D eigenvalue weighted by Gasteiger charge is -2.34. The van der Waals surface area contributed by atoms with Gasteiger partial charge in [0.25, 0.3) is 5.91 Å². The molecule has 1 aliphatic heterocycles. The summed E-state index contributed by atoms with van der Waals surface area (Å²) in [6.07, 6.45) is 1.76. The van der Waals surface area contributed by atoms with Crippen LogP contribution in [0, 0.1) is 6.92 Å². The number of morpholine rings is 1. The summed E-state index contributed by atoms with van der Waals surface area (Å²) in [4.78, 5) is 14.7. The lowest BCUT2D eigenvalue weighted by molar-refractivity contribution is -0.00438. The molecule has 23 heavy (non-hydrogen) atoms. The molecule has 0 spiro atoms. The van der Waals surface area contributed by atoms with Crippen LogP contribution in [0.2, 0.25) is 0 Å². The lowest BCUT2D eigenvalue weighted by Crippen LogP contribution is -2.44. The Morgan fingerprint density at radius 3 is 2.78 bits per heavy atom. The molecule has 2 aromatic heterocycles. The first-order valence-corrected chi connectivity index (χ1v) is 7.82. The normalized spacial score (nSPS) is 19.1. The van der Waals surface area contributed by atoms with E-state index in [0.717, 1.165) is 17.0 Å². The van der Waals surface area contributed by atoms with Crippen LogP contribution in [-0.2, 0) is 10.2 Å². The molecule has 0 radical (unpaired) electrons. The molecule has 1 fully saturated rings. The van der Waals surface area contributed by atoms with Crippen LogP contribution in [0.15, 0.2) is 12.3 Å². The molecule has 2 N–H and O–H groups in total. The number of aromatic nitrogens is 4. The van der Waals surface area contributed by atoms with Crippen molar-refractivity contribution in [2.45, 2.75) is 39.2 Å². The average molecular weight is 317 g/mol. The monoisotopic (exact) mass is 317 g/mol. The summed E-state index contributed by atoms with van der Waals surface area (Å²) in [5.74, 6) is -0.0842. The van der Waals surface area contributed by atoms with Crippen molar-refractivity contribution in [3.8, 4) is 0 Å². The molecule has 3 heterocycles. The summed E-state index contributed by atoms with van der Waals surface area (Å²) in [5.41, 5.74) is 3.26. The van der Waals surface area contributed by atoms with Crippen LogP contribution in [0.5, 0.6) is 0 Å². The van der Waals surface area contributed by atoms with Crippen LogP contribution in [0.3, 0.4) is 0 Å². The van der Waals surface area contributed by atoms with Crippen LogP contribution in [0.1, 0.15) is 54.3 Å². The quantitative estimate of drug-likeness (QED) is 0.886. The molecular weight excluding hydrogens is 294 g/mol. The third-order valence-electron chi connectivity index (χ3n) is 4.20. The summed E-state index contributed by atoms with van der Waals surface area (Å²) in [7, 11) is 0. The first-order chi connectivity index (χ1) is 10.9. The number of rotatable bonds is 2. The summed E-state index contributed by atoms with van der Waals surface area (Å²) in [5, 5.41) is 14.2. The standard InChI is InChI=1S/C16H23N5O2/c1-10-8-17-20-14(10)12-9-23-6-5-21(12)15(22)11-7-13(19-18-11)16(2,3)4/h7-8,12H,5-6,9H2,1-4H3,(H,17,20)(H,18,19)/t12-/m1/s1. The minimum absolute atomic E-state index is 0.0735. The number of H-pyrrole nitrogens is 2. The summed E-state index contributed by atoms with van der Waals surface area (Å²) in [6.45, 7) is 9.76. The fourth-order valence-electron chi connectivity index (χ4n) is 2.74. The molecule has 2 aromatic rings. The maximum Gasteiger partial charge on any atom is 0.275 e. The lowest BCUT2D eigenvalue weighted by atomic mass is 9.92. The van der Waals surface area contributed by atoms with E-state index in [4.69, 9.17) is 4.74 Å². The van der Waals surface area contributed by atoms with Crippen LogP contribution in [0.4, 0.5) is 0 Å². The number of aryl methyl sites for hydroxylation is 1. The molecule has 0 unspecified atom stereocenters. The predicted octanol–water partition coefficient (Wildman–Crippen LogP) is 1.95. The van der Waals surface area contributed by atoms with Crippen molar-refractivity contribution in [3.63, 3.8) is 0 Å². The molecule has 1 amide bonds. The molecule has 0 aromatic carbocycles. The van der Waals surface area contributed by atoms with Crippen molar-refractivity contribution in [3.05, 3.63) is 34.9 Å². The molecule has 1 atom stereocenters. The molecule has 3 rings (SSSR count). The minimum atomic E-state index is -0.159. The molecule has 1 saturated heterocycles. The molecule has 1 aliphatic rings. The van der Waals surface area contributed by atoms with Crippen molar-refractivity contribution in [1.29, 1.82) is 0 Å². The average Bonchev–Trinajstić information content (AvgIpc) is 3.15. The van der Waals surface area contributed by atoms with Crippen molar-refractivity contribution in [2.24, 2.45) is 0 Å². The second kappa shape index (κ2) is 5.81. The minimum Gasteiger partial charge on any atom is -0.377 e. The van der Waals surface area contributed by atoms with Crippen LogP contribution < -0.4 is 0 Å². The van der Waals surface area contributed by atoms with Crippen LogP contribution in [-0.4, -0.2) is 51.0 Å². The third kappa shape index (κ3) is 3.01. The first-order valence-electron chi connectivity index (χ1n) is 7.82. The number of hydrogen-bond acceptors (Lipinski definition) is 4. The van der Waals surface area contributed by atoms with Gasteiger partial charge in [-0.25, -0.2) is 0 Å². The van der Waals surface area contributed by atoms with E-state index in [1.54, 1.807) is 6.20 Å². The highest BCUT2D eigenvalue weighted by Gasteiger charge is 2.33. The van der Waals surface area contributed by atoms with Gasteiger partial charge in [0.2, 0.25) is 0 Å². The van der Waals surface area contributed by atoms with Gasteiger partial charge in [0.05, 0.1) is 31.1 Å². The van der Waals surface area contributed by atoms with Crippen molar-refractivity contribution < 1.29 is 9.53 Å². The maximum absolute atomic E-state index is 12.9. The fraction of sp³-hybridized carbons (Fsp3) is 0.562. The Bertz CT molecular complexity index is 697. The van der Waals surface area contributed by atoms with Crippen LogP contribution in [0.25, 0.3) is 0 Å². The highest BCUT2D eigenvalue weighted by atomic mass is 16.5. The second-order valence-corrected chi connectivity index (χ2v) is 6.97. The Labute approximate surface area is 135 Å². The van der Waals surface area contributed by atoms with E-state index in [9.17, 15) is 4.79 Å². The number of amides is 1. The van der Waals surface area contributed by atoms with Gasteiger partial charge in [0, 0.05) is 17.7 Å². The van der Waals surface area contributed by atoms with Crippen molar-refractivity contribution in [1.82, 2.24) is 25.3 Å². The highest BCUT2D eigenvalue weighted by molar-refractivity contribution is 5.92. The topological polar surface area (TPSA) is 86.9 Å². The number of carbonyl (C=O) groups is 1. The molecule has 0 bridgehead atoms. The van der Waals surface area contributed by atoms with Crippen molar-refractivity contribution >= 4 is 5.91 Å². The SMILES string of the molecule is Cc1cn[nH]c1[C@H]1COCCN1C(=O)c1cc(C(C)(C)C)[nH]n1. The Morgan fingerprint density at radius 2 is 2.17 bits per heavy atom. The zero-order valence-corrected chi connectivity index (χ0v) is 14.0. The number of nitrogens with zero attached hydrogens (tertiary/aromatic N) is 3. The van der Waals surface area contributed by atoms with E-state index in [2.05, 4.69) is 41.2 Å². The largest absolute Gasteiger partial charge is 0.377 e. The number of aromatic amines is 2. The summed E-state index contributed by atoms with van der Waals surface area (Å²) < 4.78 is 5.57. The number of ether oxygens (including phenoxy) is 1. The van der Waals surface area contributed by atoms with E-state index >= 15 is 0 Å². The Hall–Kier alpha value is -2.15. The smallest absolute Gasteiger partial charge is 0.275 e. The highest BCUT2D eigenvalue weighted by Crippen LogP contribution is 2.27. The van der Waals surface area contributed by atoms with Crippen molar-refractivity contribution in [2.75, 3.05) is 19.8 Å². The molecule has 124 valence electrons. The van der Waals surface area contributed by atoms with Gasteiger partial charge in [0.1, 0.15) is 5.69 Å². The molecule has 7 nitrogen and oxygen atoms in total. The number of carbonyl (C=O) groups excluding carboxylic acids is 1. The Kier molecular flexibility index (Phi) is 3.97. The Balaban J connectivity index is 1.87. The van der Waals surface area contributed by atoms with Gasteiger partial charge in [-0.05, 0) is 18.6 Å². The summed E-state index contributed by atoms with van der Waals surface area (Å²) in [6, 6.07) is 1.68. The van der Waals surface area contributed by atoms with E-state index in [1.807, 2.05) is 17.9 Å². The van der Waals surface area contributed by atoms with Gasteiger partial charge in [-0.1, -0.05) is 20.8 Å². The maximum atomic E-state index is 12.9. The van der Waals surface area contributed by atoms with E-state index < -0.39 is 0 Å². The van der Waals surface area contributed by atoms with E-state index in [-0.39, 0.29) is 17.4 Å². The molecular formula is C16H23N5O2. The van der Waals surface area contributed by atoms with E-state index in [0.29, 0.717) is 25.5 Å². The zero-order valence-electron chi connectivity index (χ0n) is 14.0. The van der Waals surface area contributed by atoms with Crippen LogP contribution >= 0.6 is 0 Å². The zero-order chi connectivity index (χ0) is 16.6. The second-order valence-electron chi connectivity index (χ2n) is 6.97. The predicted molar refractivity (Wildman–Crippen MR) is 85.2 cm³/mol. The number of nitrogens with one attached hydrogen (secondary N) is 2. The molecule has 0 aliphatic carbocycles. The molecule has 0 saturated carbocycles. The van der Waals surface area contributed by atoms with Gasteiger partial charge < -0.3 is 9.64 Å². The number of hydrogen-bond donors (Lipinski definition) is 2. The molecule has 7 heteroatoms. The first kappa shape index (κ1) is 15.7.